The van der Waals surface area contributed by atoms with E-state index in [-0.39, 0.29) is 12.0 Å². The molecule has 1 fully saturated rings. The van der Waals surface area contributed by atoms with Gasteiger partial charge in [0.1, 0.15) is 6.04 Å². The fraction of sp³-hybridized carbons (Fsp3) is 0.533. The molecule has 0 aliphatic carbocycles. The highest BCUT2D eigenvalue weighted by atomic mass is 16.5. The van der Waals surface area contributed by atoms with Crippen LogP contribution >= 0.6 is 0 Å². The third-order valence-corrected chi connectivity index (χ3v) is 3.52. The number of benzene rings is 1. The predicted octanol–water partition coefficient (Wildman–Crippen LogP) is 1.92. The standard InChI is InChI=1S/C15H21NO3/c1-18-15(17)14(13-5-3-2-4-6-13)16-11-12-7-9-19-10-8-12/h2-6,12,14,16H,7-11H2,1H3. The second-order valence-corrected chi connectivity index (χ2v) is 4.83. The fourth-order valence-corrected chi connectivity index (χ4v) is 2.34. The van der Waals surface area contributed by atoms with Gasteiger partial charge >= 0.3 is 5.97 Å². The van der Waals surface area contributed by atoms with E-state index in [9.17, 15) is 4.79 Å². The molecule has 0 bridgehead atoms. The summed E-state index contributed by atoms with van der Waals surface area (Å²) in [5.74, 6) is 0.336. The number of hydrogen-bond acceptors (Lipinski definition) is 4. The average Bonchev–Trinajstić information content (AvgIpc) is 2.49. The summed E-state index contributed by atoms with van der Waals surface area (Å²) in [5, 5.41) is 3.33. The van der Waals surface area contributed by atoms with Gasteiger partial charge in [-0.2, -0.15) is 0 Å². The fourth-order valence-electron chi connectivity index (χ4n) is 2.34. The molecule has 0 radical (unpaired) electrons. The number of esters is 1. The summed E-state index contributed by atoms with van der Waals surface area (Å²) in [6.07, 6.45) is 2.10. The number of nitrogens with one attached hydrogen (secondary N) is 1. The summed E-state index contributed by atoms with van der Waals surface area (Å²) in [4.78, 5) is 11.9. The maximum Gasteiger partial charge on any atom is 0.327 e. The van der Waals surface area contributed by atoms with E-state index >= 15 is 0 Å². The monoisotopic (exact) mass is 263 g/mol. The van der Waals surface area contributed by atoms with Crippen molar-refractivity contribution in [1.29, 1.82) is 0 Å². The van der Waals surface area contributed by atoms with Gasteiger partial charge in [0.05, 0.1) is 7.11 Å². The molecule has 4 nitrogen and oxygen atoms in total. The Balaban J connectivity index is 1.96. The van der Waals surface area contributed by atoms with Crippen LogP contribution in [0.3, 0.4) is 0 Å². The summed E-state index contributed by atoms with van der Waals surface area (Å²) in [6.45, 7) is 2.46. The van der Waals surface area contributed by atoms with E-state index in [1.165, 1.54) is 7.11 Å². The molecule has 2 rings (SSSR count). The highest BCUT2D eigenvalue weighted by molar-refractivity contribution is 5.77. The molecule has 104 valence electrons. The normalized spacial score (nSPS) is 17.9. The molecule has 1 aromatic carbocycles. The number of carbonyl (C=O) groups excluding carboxylic acids is 1. The summed E-state index contributed by atoms with van der Waals surface area (Å²) >= 11 is 0. The third kappa shape index (κ3) is 4.04. The minimum atomic E-state index is -0.381. The molecule has 1 N–H and O–H groups in total. The highest BCUT2D eigenvalue weighted by Crippen LogP contribution is 2.18. The Morgan fingerprint density at radius 3 is 2.68 bits per heavy atom. The molecule has 0 aromatic heterocycles. The Bertz CT molecular complexity index is 388. The smallest absolute Gasteiger partial charge is 0.327 e. The van der Waals surface area contributed by atoms with Crippen LogP contribution in [0.15, 0.2) is 30.3 Å². The van der Waals surface area contributed by atoms with Gasteiger partial charge in [0.25, 0.3) is 0 Å². The third-order valence-electron chi connectivity index (χ3n) is 3.52. The van der Waals surface area contributed by atoms with Crippen molar-refractivity contribution in [3.8, 4) is 0 Å². The second kappa shape index (κ2) is 7.26. The van der Waals surface area contributed by atoms with E-state index in [0.29, 0.717) is 5.92 Å². The molecule has 0 spiro atoms. The Morgan fingerprint density at radius 2 is 2.05 bits per heavy atom. The topological polar surface area (TPSA) is 47.6 Å². The van der Waals surface area contributed by atoms with Crippen molar-refractivity contribution >= 4 is 5.97 Å². The zero-order valence-electron chi connectivity index (χ0n) is 11.3. The SMILES string of the molecule is COC(=O)C(NCC1CCOCC1)c1ccccc1. The Morgan fingerprint density at radius 1 is 1.37 bits per heavy atom. The minimum absolute atomic E-state index is 0.238. The number of hydrogen-bond donors (Lipinski definition) is 1. The van der Waals surface area contributed by atoms with Crippen molar-refractivity contribution in [1.82, 2.24) is 5.32 Å². The van der Waals surface area contributed by atoms with Crippen LogP contribution in [-0.4, -0.2) is 32.8 Å². The first-order valence-electron chi connectivity index (χ1n) is 6.75. The van der Waals surface area contributed by atoms with Crippen molar-refractivity contribution < 1.29 is 14.3 Å². The van der Waals surface area contributed by atoms with Crippen molar-refractivity contribution in [3.63, 3.8) is 0 Å². The van der Waals surface area contributed by atoms with Crippen LogP contribution < -0.4 is 5.32 Å². The van der Waals surface area contributed by atoms with Gasteiger partial charge < -0.3 is 14.8 Å². The summed E-state index contributed by atoms with van der Waals surface area (Å²) in [5.41, 5.74) is 0.946. The first kappa shape index (κ1) is 14.0. The number of ether oxygens (including phenoxy) is 2. The lowest BCUT2D eigenvalue weighted by atomic mass is 9.99. The summed E-state index contributed by atoms with van der Waals surface area (Å²) < 4.78 is 10.2. The van der Waals surface area contributed by atoms with Crippen LogP contribution in [0.1, 0.15) is 24.4 Å². The van der Waals surface area contributed by atoms with Crippen LogP contribution in [0.25, 0.3) is 0 Å². The number of methoxy groups -OCH3 is 1. The van der Waals surface area contributed by atoms with Gasteiger partial charge in [-0.1, -0.05) is 30.3 Å². The molecule has 1 atom stereocenters. The zero-order chi connectivity index (χ0) is 13.5. The van der Waals surface area contributed by atoms with Crippen LogP contribution in [0, 0.1) is 5.92 Å². The summed E-state index contributed by atoms with van der Waals surface area (Å²) in [7, 11) is 1.43. The van der Waals surface area contributed by atoms with Gasteiger partial charge in [-0.25, -0.2) is 4.79 Å². The van der Waals surface area contributed by atoms with Gasteiger partial charge in [-0.3, -0.25) is 0 Å². The van der Waals surface area contributed by atoms with Crippen LogP contribution in [-0.2, 0) is 14.3 Å². The first-order chi connectivity index (χ1) is 9.31. The average molecular weight is 263 g/mol. The highest BCUT2D eigenvalue weighted by Gasteiger charge is 2.22. The first-order valence-corrected chi connectivity index (χ1v) is 6.75. The quantitative estimate of drug-likeness (QED) is 0.824. The zero-order valence-corrected chi connectivity index (χ0v) is 11.3. The Kier molecular flexibility index (Phi) is 5.36. The lowest BCUT2D eigenvalue weighted by Crippen LogP contribution is -2.35. The van der Waals surface area contributed by atoms with Crippen LogP contribution in [0.4, 0.5) is 0 Å². The lowest BCUT2D eigenvalue weighted by Gasteiger charge is -2.25. The lowest BCUT2D eigenvalue weighted by molar-refractivity contribution is -0.143. The maximum atomic E-state index is 11.9. The van der Waals surface area contributed by atoms with Crippen molar-refractivity contribution in [3.05, 3.63) is 35.9 Å². The van der Waals surface area contributed by atoms with Gasteiger partial charge in [0.2, 0.25) is 0 Å². The molecule has 1 aliphatic heterocycles. The number of rotatable bonds is 5. The Hall–Kier alpha value is -1.39. The van der Waals surface area contributed by atoms with Crippen LogP contribution in [0.2, 0.25) is 0 Å². The second-order valence-electron chi connectivity index (χ2n) is 4.83. The minimum Gasteiger partial charge on any atom is -0.468 e. The molecule has 1 unspecified atom stereocenters. The van der Waals surface area contributed by atoms with E-state index in [1.54, 1.807) is 0 Å². The molecule has 4 heteroatoms. The van der Waals surface area contributed by atoms with Gasteiger partial charge in [0, 0.05) is 13.2 Å². The molecule has 1 aliphatic rings. The maximum absolute atomic E-state index is 11.9. The van der Waals surface area contributed by atoms with Gasteiger partial charge in [-0.15, -0.1) is 0 Å². The molecular weight excluding hydrogens is 242 g/mol. The van der Waals surface area contributed by atoms with Crippen molar-refractivity contribution in [2.24, 2.45) is 5.92 Å². The molecule has 0 amide bonds. The van der Waals surface area contributed by atoms with E-state index in [1.807, 2.05) is 30.3 Å². The van der Waals surface area contributed by atoms with Crippen molar-refractivity contribution in [2.75, 3.05) is 26.9 Å². The molecule has 1 saturated heterocycles. The molecule has 1 heterocycles. The largest absolute Gasteiger partial charge is 0.468 e. The number of carbonyl (C=O) groups is 1. The molecule has 19 heavy (non-hydrogen) atoms. The Labute approximate surface area is 114 Å². The van der Waals surface area contributed by atoms with Crippen LogP contribution in [0.5, 0.6) is 0 Å². The molecular formula is C15H21NO3. The predicted molar refractivity (Wildman–Crippen MR) is 72.7 cm³/mol. The van der Waals surface area contributed by atoms with E-state index in [4.69, 9.17) is 9.47 Å². The molecule has 1 aromatic rings. The van der Waals surface area contributed by atoms with E-state index in [0.717, 1.165) is 38.2 Å². The van der Waals surface area contributed by atoms with Crippen molar-refractivity contribution in [2.45, 2.75) is 18.9 Å². The van der Waals surface area contributed by atoms with Gasteiger partial charge in [0.15, 0.2) is 0 Å². The van der Waals surface area contributed by atoms with Gasteiger partial charge in [-0.05, 0) is 30.9 Å². The summed E-state index contributed by atoms with van der Waals surface area (Å²) in [6, 6.07) is 9.31. The molecule has 0 saturated carbocycles. The van der Waals surface area contributed by atoms with E-state index in [2.05, 4.69) is 5.32 Å². The van der Waals surface area contributed by atoms with E-state index < -0.39 is 0 Å².